The van der Waals surface area contributed by atoms with E-state index in [9.17, 15) is 19.0 Å². The Morgan fingerprint density at radius 3 is 1.71 bits per heavy atom. The second-order valence-corrected chi connectivity index (χ2v) is 15.0. The van der Waals surface area contributed by atoms with Crippen LogP contribution < -0.4 is 5.73 Å². The van der Waals surface area contributed by atoms with Crippen LogP contribution in [0.4, 0.5) is 0 Å². The minimum atomic E-state index is -4.38. The molecule has 0 aliphatic rings. The van der Waals surface area contributed by atoms with Crippen molar-refractivity contribution in [1.82, 2.24) is 0 Å². The molecule has 0 heterocycles. The van der Waals surface area contributed by atoms with Crippen molar-refractivity contribution in [2.24, 2.45) is 5.73 Å². The third-order valence-electron chi connectivity index (χ3n) is 8.60. The second-order valence-electron chi connectivity index (χ2n) is 13.6. The van der Waals surface area contributed by atoms with E-state index in [1.165, 1.54) is 77.0 Å². The summed E-state index contributed by atoms with van der Waals surface area (Å²) in [7, 11) is -4.38. The van der Waals surface area contributed by atoms with Crippen LogP contribution in [0.3, 0.4) is 0 Å². The zero-order chi connectivity index (χ0) is 37.5. The van der Waals surface area contributed by atoms with Crippen molar-refractivity contribution < 1.29 is 37.6 Å². The van der Waals surface area contributed by atoms with Crippen LogP contribution in [0.25, 0.3) is 0 Å². The van der Waals surface area contributed by atoms with Crippen LogP contribution in [0.2, 0.25) is 0 Å². The number of carbonyl (C=O) groups is 2. The van der Waals surface area contributed by atoms with E-state index < -0.39 is 26.5 Å². The van der Waals surface area contributed by atoms with Gasteiger partial charge in [0.25, 0.3) is 0 Å². The molecule has 3 N–H and O–H groups in total. The summed E-state index contributed by atoms with van der Waals surface area (Å²) in [5.41, 5.74) is 8.60. The molecule has 0 amide bonds. The Labute approximate surface area is 312 Å². The van der Waals surface area contributed by atoms with E-state index in [2.05, 4.69) is 43.9 Å². The number of carbonyl (C=O) groups excluding carboxylic acids is 2. The van der Waals surface area contributed by atoms with Gasteiger partial charge < -0.3 is 20.1 Å². The second kappa shape index (κ2) is 38.0. The van der Waals surface area contributed by atoms with Gasteiger partial charge in [0.15, 0.2) is 6.10 Å². The fourth-order valence-corrected chi connectivity index (χ4v) is 6.33. The number of rotatable bonds is 38. The highest BCUT2D eigenvalue weighted by Crippen LogP contribution is 2.43. The lowest BCUT2D eigenvalue weighted by molar-refractivity contribution is -0.161. The molecule has 0 aliphatic heterocycles. The Morgan fingerprint density at radius 1 is 0.647 bits per heavy atom. The van der Waals surface area contributed by atoms with Gasteiger partial charge in [-0.15, -0.1) is 5.73 Å². The van der Waals surface area contributed by atoms with E-state index in [-0.39, 0.29) is 38.6 Å². The molecule has 0 aromatic heterocycles. The van der Waals surface area contributed by atoms with E-state index in [4.69, 9.17) is 24.3 Å². The third-order valence-corrected chi connectivity index (χ3v) is 9.58. The van der Waals surface area contributed by atoms with Gasteiger partial charge in [-0.05, 0) is 63.5 Å². The average molecular weight is 742 g/mol. The molecule has 0 rings (SSSR count). The van der Waals surface area contributed by atoms with E-state index in [1.807, 2.05) is 0 Å². The van der Waals surface area contributed by atoms with Crippen molar-refractivity contribution in [2.75, 3.05) is 26.4 Å². The van der Waals surface area contributed by atoms with Crippen LogP contribution in [0, 0.1) is 0 Å². The summed E-state index contributed by atoms with van der Waals surface area (Å²) in [6.07, 6.45) is 37.0. The summed E-state index contributed by atoms with van der Waals surface area (Å²) in [5, 5.41) is 0. The lowest BCUT2D eigenvalue weighted by atomic mass is 10.0. The largest absolute Gasteiger partial charge is 0.472 e. The predicted molar refractivity (Wildman–Crippen MR) is 209 cm³/mol. The Hall–Kier alpha value is -1.73. The molecule has 0 fully saturated rings. The van der Waals surface area contributed by atoms with Crippen molar-refractivity contribution in [2.45, 2.75) is 193 Å². The first-order chi connectivity index (χ1) is 24.8. The predicted octanol–water partition coefficient (Wildman–Crippen LogP) is 11.4. The maximum atomic E-state index is 12.5. The molecule has 10 heteroatoms. The Balaban J connectivity index is 4.21. The molecule has 298 valence electrons. The summed E-state index contributed by atoms with van der Waals surface area (Å²) in [5.74, 6) is -0.849. The molecule has 0 aliphatic carbocycles. The van der Waals surface area contributed by atoms with Crippen molar-refractivity contribution in [3.05, 3.63) is 30.0 Å². The van der Waals surface area contributed by atoms with Crippen LogP contribution in [0.1, 0.15) is 187 Å². The molecule has 0 radical (unpaired) electrons. The van der Waals surface area contributed by atoms with E-state index in [0.29, 0.717) is 6.42 Å². The molecule has 0 bridgehead atoms. The number of esters is 2. The first-order valence-corrected chi connectivity index (χ1v) is 22.1. The normalized spacial score (nSPS) is 13.1. The van der Waals surface area contributed by atoms with Crippen LogP contribution in [0.5, 0.6) is 0 Å². The van der Waals surface area contributed by atoms with Gasteiger partial charge in [-0.1, -0.05) is 135 Å². The fraction of sp³-hybridized carbons (Fsp3) is 0.829. The van der Waals surface area contributed by atoms with Crippen LogP contribution in [-0.2, 0) is 32.7 Å². The van der Waals surface area contributed by atoms with Crippen LogP contribution in [0.15, 0.2) is 30.0 Å². The molecule has 0 spiro atoms. The number of nitrogens with two attached hydrogens (primary N) is 1. The SMILES string of the molecule is CC/C=C/CCCC=C=CCCCCCCCC(=O)O[C@H](COC(=O)CCCCCCCCCCCCCCCCC)COP(=O)(O)OCCN. The first kappa shape index (κ1) is 49.3. The maximum absolute atomic E-state index is 12.5. The summed E-state index contributed by atoms with van der Waals surface area (Å²) >= 11 is 0. The van der Waals surface area contributed by atoms with Crippen LogP contribution >= 0.6 is 7.82 Å². The number of hydrogen-bond acceptors (Lipinski definition) is 8. The number of allylic oxidation sites excluding steroid dienone is 3. The fourth-order valence-electron chi connectivity index (χ4n) is 5.56. The van der Waals surface area contributed by atoms with Gasteiger partial charge in [-0.2, -0.15) is 0 Å². The minimum Gasteiger partial charge on any atom is -0.462 e. The van der Waals surface area contributed by atoms with Crippen molar-refractivity contribution in [3.63, 3.8) is 0 Å². The zero-order valence-electron chi connectivity index (χ0n) is 32.6. The Bertz CT molecular complexity index is 950. The zero-order valence-corrected chi connectivity index (χ0v) is 33.5. The summed E-state index contributed by atoms with van der Waals surface area (Å²) in [6.45, 7) is 3.61. The quantitative estimate of drug-likeness (QED) is 0.0208. The van der Waals surface area contributed by atoms with E-state index in [1.54, 1.807) is 0 Å². The molecule has 1 unspecified atom stereocenters. The highest BCUT2D eigenvalue weighted by molar-refractivity contribution is 7.47. The first-order valence-electron chi connectivity index (χ1n) is 20.6. The van der Waals surface area contributed by atoms with Gasteiger partial charge in [0, 0.05) is 19.4 Å². The molecule has 51 heavy (non-hydrogen) atoms. The third kappa shape index (κ3) is 37.8. The average Bonchev–Trinajstić information content (AvgIpc) is 3.11. The Kier molecular flexibility index (Phi) is 36.7. The van der Waals surface area contributed by atoms with Gasteiger partial charge in [-0.3, -0.25) is 18.6 Å². The number of unbranched alkanes of at least 4 members (excludes halogenated alkanes) is 21. The molecule has 0 saturated heterocycles. The smallest absolute Gasteiger partial charge is 0.462 e. The number of ether oxygens (including phenoxy) is 2. The summed E-state index contributed by atoms with van der Waals surface area (Å²) in [6, 6.07) is 0. The van der Waals surface area contributed by atoms with Gasteiger partial charge in [0.1, 0.15) is 6.61 Å². The van der Waals surface area contributed by atoms with Crippen molar-refractivity contribution in [1.29, 1.82) is 0 Å². The molecule has 9 nitrogen and oxygen atoms in total. The monoisotopic (exact) mass is 742 g/mol. The molecule has 2 atom stereocenters. The lowest BCUT2D eigenvalue weighted by Gasteiger charge is -2.19. The van der Waals surface area contributed by atoms with Gasteiger partial charge >= 0.3 is 19.8 Å². The molecule has 0 aromatic carbocycles. The summed E-state index contributed by atoms with van der Waals surface area (Å²) < 4.78 is 32.7. The number of phosphoric ester groups is 1. The van der Waals surface area contributed by atoms with Gasteiger partial charge in [-0.25, -0.2) is 4.57 Å². The molecular weight excluding hydrogens is 665 g/mol. The van der Waals surface area contributed by atoms with Crippen molar-refractivity contribution in [3.8, 4) is 0 Å². The van der Waals surface area contributed by atoms with E-state index in [0.717, 1.165) is 77.0 Å². The maximum Gasteiger partial charge on any atom is 0.472 e. The van der Waals surface area contributed by atoms with E-state index >= 15 is 0 Å². The van der Waals surface area contributed by atoms with Gasteiger partial charge in [0.2, 0.25) is 0 Å². The molecular formula is C41H76NO8P. The highest BCUT2D eigenvalue weighted by atomic mass is 31.2. The topological polar surface area (TPSA) is 134 Å². The number of hydrogen-bond donors (Lipinski definition) is 2. The minimum absolute atomic E-state index is 0.0500. The van der Waals surface area contributed by atoms with Gasteiger partial charge in [0.05, 0.1) is 13.2 Å². The molecule has 0 saturated carbocycles. The number of phosphoric acid groups is 1. The standard InChI is InChI=1S/C41H76NO8P/c1-3-5-7-9-11-13-15-17-19-21-23-25-27-29-31-33-40(43)47-37-39(38-49-51(45,46)48-36-35-42)50-41(44)34-32-30-28-26-24-22-20-18-16-14-12-10-8-6-4-2/h6,8,16,20,39H,3-5,7,9-15,17,19,21-38,42H2,1-2H3,(H,45,46)/b8-6+/t18?,39-/m1/s1. The Morgan fingerprint density at radius 2 is 1.16 bits per heavy atom. The summed E-state index contributed by atoms with van der Waals surface area (Å²) in [4.78, 5) is 34.8. The lowest BCUT2D eigenvalue weighted by Crippen LogP contribution is -2.29. The molecule has 0 aromatic rings. The highest BCUT2D eigenvalue weighted by Gasteiger charge is 2.26. The van der Waals surface area contributed by atoms with Crippen LogP contribution in [-0.4, -0.2) is 49.3 Å². The van der Waals surface area contributed by atoms with Crippen molar-refractivity contribution >= 4 is 19.8 Å².